The molecule has 0 atom stereocenters. The summed E-state index contributed by atoms with van der Waals surface area (Å²) in [4.78, 5) is -0.0130. The molecule has 4 N–H and O–H groups in total. The van der Waals surface area contributed by atoms with Crippen LogP contribution in [0.4, 0.5) is 5.69 Å². The third-order valence-corrected chi connectivity index (χ3v) is 2.99. The van der Waals surface area contributed by atoms with Crippen LogP contribution in [-0.4, -0.2) is 18.2 Å². The van der Waals surface area contributed by atoms with E-state index in [0.717, 1.165) is 0 Å². The van der Waals surface area contributed by atoms with Gasteiger partial charge in [-0.05, 0) is 24.3 Å². The Morgan fingerprint density at radius 1 is 1.31 bits per heavy atom. The Bertz CT molecular complexity index is 604. The number of benzene rings is 1. The lowest BCUT2D eigenvalue weighted by Crippen LogP contribution is -2.13. The van der Waals surface area contributed by atoms with Gasteiger partial charge in [-0.15, -0.1) is 0 Å². The van der Waals surface area contributed by atoms with E-state index < -0.39 is 10.0 Å². The molecule has 1 aromatic carbocycles. The van der Waals surface area contributed by atoms with Crippen LogP contribution >= 0.6 is 0 Å². The van der Waals surface area contributed by atoms with Gasteiger partial charge in [-0.1, -0.05) is 0 Å². The number of aromatic nitrogens is 2. The first kappa shape index (κ1) is 10.7. The molecule has 6 nitrogen and oxygen atoms in total. The fourth-order valence-electron chi connectivity index (χ4n) is 1.33. The molecular weight excluding hydrogens is 228 g/mol. The molecule has 84 valence electrons. The maximum absolute atomic E-state index is 11.1. The maximum atomic E-state index is 11.1. The third-order valence-electron chi connectivity index (χ3n) is 2.08. The molecule has 1 aromatic heterocycles. The van der Waals surface area contributed by atoms with Crippen molar-refractivity contribution in [2.75, 3.05) is 5.73 Å². The first-order valence-corrected chi connectivity index (χ1v) is 5.95. The zero-order valence-electron chi connectivity index (χ0n) is 8.24. The predicted octanol–water partition coefficient (Wildman–Crippen LogP) is 0.102. The second-order valence-corrected chi connectivity index (χ2v) is 4.78. The van der Waals surface area contributed by atoms with Crippen molar-refractivity contribution in [3.63, 3.8) is 0 Å². The number of nitrogen functional groups attached to an aromatic ring is 1. The van der Waals surface area contributed by atoms with Crippen LogP contribution < -0.4 is 10.9 Å². The van der Waals surface area contributed by atoms with Gasteiger partial charge in [-0.2, -0.15) is 5.10 Å². The van der Waals surface area contributed by atoms with Gasteiger partial charge in [-0.25, -0.2) is 18.2 Å². The maximum Gasteiger partial charge on any atom is 0.238 e. The topological polar surface area (TPSA) is 104 Å². The van der Waals surface area contributed by atoms with Gasteiger partial charge < -0.3 is 5.73 Å². The monoisotopic (exact) mass is 238 g/mol. The Morgan fingerprint density at radius 2 is 2.06 bits per heavy atom. The molecule has 0 fully saturated rings. The number of primary sulfonamides is 1. The molecule has 0 saturated carbocycles. The number of anilines is 1. The van der Waals surface area contributed by atoms with Gasteiger partial charge in [0.05, 0.1) is 16.3 Å². The van der Waals surface area contributed by atoms with Crippen molar-refractivity contribution in [3.8, 4) is 5.69 Å². The largest absolute Gasteiger partial charge is 0.397 e. The van der Waals surface area contributed by atoms with E-state index in [2.05, 4.69) is 5.10 Å². The second kappa shape index (κ2) is 3.62. The van der Waals surface area contributed by atoms with Crippen molar-refractivity contribution in [1.82, 2.24) is 9.78 Å². The fourth-order valence-corrected chi connectivity index (χ4v) is 1.88. The second-order valence-electron chi connectivity index (χ2n) is 3.22. The Balaban J connectivity index is 2.54. The smallest absolute Gasteiger partial charge is 0.238 e. The zero-order chi connectivity index (χ0) is 11.8. The number of nitrogens with two attached hydrogens (primary N) is 2. The summed E-state index contributed by atoms with van der Waals surface area (Å²) in [7, 11) is -3.72. The normalized spacial score (nSPS) is 11.6. The minimum Gasteiger partial charge on any atom is -0.397 e. The molecule has 0 amide bonds. The first-order valence-electron chi connectivity index (χ1n) is 4.41. The van der Waals surface area contributed by atoms with Crippen LogP contribution in [0.5, 0.6) is 0 Å². The number of rotatable bonds is 2. The van der Waals surface area contributed by atoms with Crippen LogP contribution in [0, 0.1) is 0 Å². The van der Waals surface area contributed by atoms with Crippen molar-refractivity contribution in [2.24, 2.45) is 5.14 Å². The van der Waals surface area contributed by atoms with E-state index in [4.69, 9.17) is 10.9 Å². The van der Waals surface area contributed by atoms with E-state index in [-0.39, 0.29) is 4.90 Å². The van der Waals surface area contributed by atoms with Crippen LogP contribution in [0.25, 0.3) is 5.69 Å². The van der Waals surface area contributed by atoms with Crippen LogP contribution in [0.15, 0.2) is 41.6 Å². The summed E-state index contributed by atoms with van der Waals surface area (Å²) in [6.07, 6.45) is 3.31. The summed E-state index contributed by atoms with van der Waals surface area (Å²) in [6, 6.07) is 6.00. The van der Waals surface area contributed by atoms with Crippen LogP contribution in [0.2, 0.25) is 0 Å². The number of nitrogens with zero attached hydrogens (tertiary/aromatic N) is 2. The molecule has 0 spiro atoms. The standard InChI is InChI=1S/C9H10N4O2S/c10-8-6-7(16(11,14)15)2-3-9(8)13-5-1-4-12-13/h1-6H,10H2,(H2,11,14,15). The highest BCUT2D eigenvalue weighted by Gasteiger charge is 2.10. The molecular formula is C9H10N4O2S. The van der Waals surface area contributed by atoms with Gasteiger partial charge in [0.15, 0.2) is 0 Å². The number of sulfonamides is 1. The summed E-state index contributed by atoms with van der Waals surface area (Å²) in [5.41, 5.74) is 6.64. The quantitative estimate of drug-likeness (QED) is 0.724. The van der Waals surface area contributed by atoms with Gasteiger partial charge in [0.2, 0.25) is 10.0 Å². The summed E-state index contributed by atoms with van der Waals surface area (Å²) < 4.78 is 23.7. The van der Waals surface area contributed by atoms with Crippen molar-refractivity contribution in [3.05, 3.63) is 36.7 Å². The Labute approximate surface area is 92.5 Å². The van der Waals surface area contributed by atoms with Crippen molar-refractivity contribution >= 4 is 15.7 Å². The Morgan fingerprint density at radius 3 is 2.56 bits per heavy atom. The minimum absolute atomic E-state index is 0.0130. The lowest BCUT2D eigenvalue weighted by molar-refractivity contribution is 0.598. The summed E-state index contributed by atoms with van der Waals surface area (Å²) in [6.45, 7) is 0. The summed E-state index contributed by atoms with van der Waals surface area (Å²) in [5, 5.41) is 8.98. The SMILES string of the molecule is Nc1cc(S(N)(=O)=O)ccc1-n1cccn1. The van der Waals surface area contributed by atoms with Gasteiger partial charge in [0.1, 0.15) is 0 Å². The van der Waals surface area contributed by atoms with E-state index in [9.17, 15) is 8.42 Å². The molecule has 2 rings (SSSR count). The number of hydrogen-bond acceptors (Lipinski definition) is 4. The molecule has 0 radical (unpaired) electrons. The third kappa shape index (κ3) is 1.90. The molecule has 0 aliphatic heterocycles. The van der Waals surface area contributed by atoms with Crippen LogP contribution in [0.3, 0.4) is 0 Å². The minimum atomic E-state index is -3.72. The molecule has 16 heavy (non-hydrogen) atoms. The van der Waals surface area contributed by atoms with Crippen molar-refractivity contribution in [1.29, 1.82) is 0 Å². The summed E-state index contributed by atoms with van der Waals surface area (Å²) in [5.74, 6) is 0. The van der Waals surface area contributed by atoms with Gasteiger partial charge in [0.25, 0.3) is 0 Å². The average molecular weight is 238 g/mol. The lowest BCUT2D eigenvalue weighted by Gasteiger charge is -2.07. The Hall–Kier alpha value is -1.86. The molecule has 2 aromatic rings. The van der Waals surface area contributed by atoms with Crippen LogP contribution in [-0.2, 0) is 10.0 Å². The molecule has 1 heterocycles. The van der Waals surface area contributed by atoms with E-state index in [1.54, 1.807) is 29.2 Å². The Kier molecular flexibility index (Phi) is 2.41. The first-order chi connectivity index (χ1) is 7.48. The van der Waals surface area contributed by atoms with E-state index in [1.165, 1.54) is 12.1 Å². The average Bonchev–Trinajstić information content (AvgIpc) is 2.69. The van der Waals surface area contributed by atoms with Crippen molar-refractivity contribution in [2.45, 2.75) is 4.90 Å². The van der Waals surface area contributed by atoms with E-state index in [0.29, 0.717) is 11.4 Å². The summed E-state index contributed by atoms with van der Waals surface area (Å²) >= 11 is 0. The fraction of sp³-hybridized carbons (Fsp3) is 0. The van der Waals surface area contributed by atoms with Crippen LogP contribution in [0.1, 0.15) is 0 Å². The highest BCUT2D eigenvalue weighted by atomic mass is 32.2. The highest BCUT2D eigenvalue weighted by Crippen LogP contribution is 2.19. The predicted molar refractivity (Wildman–Crippen MR) is 59.3 cm³/mol. The zero-order valence-corrected chi connectivity index (χ0v) is 9.05. The molecule has 0 aliphatic carbocycles. The van der Waals surface area contributed by atoms with E-state index in [1.807, 2.05) is 0 Å². The molecule has 0 saturated heterocycles. The molecule has 0 aliphatic rings. The lowest BCUT2D eigenvalue weighted by atomic mass is 10.3. The van der Waals surface area contributed by atoms with Crippen molar-refractivity contribution < 1.29 is 8.42 Å². The van der Waals surface area contributed by atoms with E-state index >= 15 is 0 Å². The highest BCUT2D eigenvalue weighted by molar-refractivity contribution is 7.89. The van der Waals surface area contributed by atoms with Gasteiger partial charge in [-0.3, -0.25) is 0 Å². The van der Waals surface area contributed by atoms with Gasteiger partial charge >= 0.3 is 0 Å². The molecule has 0 bridgehead atoms. The molecule has 7 heteroatoms. The van der Waals surface area contributed by atoms with Gasteiger partial charge in [0, 0.05) is 12.4 Å². The molecule has 0 unspecified atom stereocenters. The number of hydrogen-bond donors (Lipinski definition) is 2.